The second kappa shape index (κ2) is 11.2. The van der Waals surface area contributed by atoms with Crippen molar-refractivity contribution in [2.75, 3.05) is 6.61 Å². The van der Waals surface area contributed by atoms with Crippen LogP contribution in [0.5, 0.6) is 0 Å². The Labute approximate surface area is 181 Å². The second-order valence-corrected chi connectivity index (χ2v) is 9.76. The van der Waals surface area contributed by atoms with Gasteiger partial charge < -0.3 is 20.1 Å². The number of ether oxygens (including phenoxy) is 1. The van der Waals surface area contributed by atoms with Gasteiger partial charge in [0.25, 0.3) is 0 Å². The van der Waals surface area contributed by atoms with Crippen LogP contribution in [0.25, 0.3) is 0 Å². The van der Waals surface area contributed by atoms with Gasteiger partial charge in [0.2, 0.25) is 0 Å². The molecule has 0 aliphatic heterocycles. The van der Waals surface area contributed by atoms with E-state index in [1.54, 1.807) is 45.9 Å². The molecule has 0 radical (unpaired) electrons. The lowest BCUT2D eigenvalue weighted by Crippen LogP contribution is -2.49. The van der Waals surface area contributed by atoms with Crippen molar-refractivity contribution in [2.45, 2.75) is 96.9 Å². The number of ketones is 1. The normalized spacial score (nSPS) is 23.0. The van der Waals surface area contributed by atoms with E-state index in [1.165, 1.54) is 6.08 Å². The number of hydrogen-bond acceptors (Lipinski definition) is 5. The van der Waals surface area contributed by atoms with Gasteiger partial charge in [0.05, 0.1) is 18.1 Å². The third-order valence-electron chi connectivity index (χ3n) is 5.67. The predicted molar refractivity (Wildman–Crippen MR) is 117 cm³/mol. The summed E-state index contributed by atoms with van der Waals surface area (Å²) in [4.78, 5) is 24.7. The monoisotopic (exact) mass is 424 g/mol. The minimum atomic E-state index is -1.28. The highest BCUT2D eigenvalue weighted by molar-refractivity contribution is 5.85. The van der Waals surface area contributed by atoms with Crippen LogP contribution in [0.1, 0.15) is 79.6 Å². The number of carboxylic acid groups (broad SMARTS) is 1. The van der Waals surface area contributed by atoms with E-state index in [9.17, 15) is 24.9 Å². The van der Waals surface area contributed by atoms with Crippen LogP contribution >= 0.6 is 0 Å². The quantitative estimate of drug-likeness (QED) is 0.408. The van der Waals surface area contributed by atoms with E-state index in [-0.39, 0.29) is 12.4 Å². The van der Waals surface area contributed by atoms with Gasteiger partial charge in [-0.05, 0) is 44.1 Å². The third-order valence-corrected chi connectivity index (χ3v) is 5.67. The first-order valence-electron chi connectivity index (χ1n) is 11.0. The molecule has 4 atom stereocenters. The standard InChI is InChI=1S/C24H40O6/c1-6-7-13-23(5,29)14-9-15-24(16-10-17-25,18-11-8-12-19(18)26)30-20(21(27)28)22(2,3)4/h9-10,15-16,18,20,25,29H,6-8,11-14,17H2,1-5H3,(H,27,28)/t18-,20+,23?,24?/m0/s1. The Balaban J connectivity index is 3.36. The number of aliphatic hydroxyl groups excluding tert-OH is 1. The van der Waals surface area contributed by atoms with Crippen molar-refractivity contribution in [3.63, 3.8) is 0 Å². The van der Waals surface area contributed by atoms with Crippen LogP contribution in [0.15, 0.2) is 24.3 Å². The van der Waals surface area contributed by atoms with Crippen molar-refractivity contribution in [2.24, 2.45) is 11.3 Å². The van der Waals surface area contributed by atoms with Gasteiger partial charge in [-0.25, -0.2) is 4.79 Å². The number of Topliss-reactive ketones (excluding diaryl/α,β-unsaturated/α-hetero) is 1. The largest absolute Gasteiger partial charge is 0.479 e. The van der Waals surface area contributed by atoms with Crippen LogP contribution in [0, 0.1) is 11.3 Å². The Hall–Kier alpha value is -1.50. The molecule has 172 valence electrons. The number of rotatable bonds is 12. The molecule has 3 N–H and O–H groups in total. The topological polar surface area (TPSA) is 104 Å². The highest BCUT2D eigenvalue weighted by Gasteiger charge is 2.47. The fourth-order valence-corrected chi connectivity index (χ4v) is 3.94. The number of aliphatic hydroxyl groups is 2. The first-order valence-corrected chi connectivity index (χ1v) is 11.0. The molecule has 0 heterocycles. The first kappa shape index (κ1) is 26.5. The lowest BCUT2D eigenvalue weighted by molar-refractivity contribution is -0.173. The summed E-state index contributed by atoms with van der Waals surface area (Å²) in [6, 6.07) is 0. The maximum Gasteiger partial charge on any atom is 0.333 e. The van der Waals surface area contributed by atoms with Gasteiger partial charge in [0.1, 0.15) is 11.4 Å². The lowest BCUT2D eigenvalue weighted by atomic mass is 9.81. The smallest absolute Gasteiger partial charge is 0.333 e. The molecular formula is C24H40O6. The minimum absolute atomic E-state index is 0.0260. The van der Waals surface area contributed by atoms with E-state index in [1.807, 2.05) is 0 Å². The molecule has 0 aromatic carbocycles. The van der Waals surface area contributed by atoms with Gasteiger partial charge >= 0.3 is 5.97 Å². The number of aliphatic carboxylic acids is 1. The molecule has 0 spiro atoms. The van der Waals surface area contributed by atoms with Crippen LogP contribution < -0.4 is 0 Å². The molecule has 0 bridgehead atoms. The number of carboxylic acids is 1. The zero-order valence-electron chi connectivity index (χ0n) is 19.2. The van der Waals surface area contributed by atoms with Crippen molar-refractivity contribution in [3.05, 3.63) is 24.3 Å². The molecule has 1 saturated carbocycles. The highest BCUT2D eigenvalue weighted by atomic mass is 16.5. The van der Waals surface area contributed by atoms with Crippen molar-refractivity contribution >= 4 is 11.8 Å². The van der Waals surface area contributed by atoms with Gasteiger partial charge in [-0.1, -0.05) is 58.8 Å². The van der Waals surface area contributed by atoms with Crippen LogP contribution in [0.4, 0.5) is 0 Å². The zero-order valence-corrected chi connectivity index (χ0v) is 19.2. The number of unbranched alkanes of at least 4 members (excludes halogenated alkanes) is 1. The molecule has 0 amide bonds. The van der Waals surface area contributed by atoms with Gasteiger partial charge in [-0.15, -0.1) is 0 Å². The predicted octanol–water partition coefficient (Wildman–Crippen LogP) is 4.05. The molecule has 1 aliphatic rings. The van der Waals surface area contributed by atoms with Gasteiger partial charge in [-0.2, -0.15) is 0 Å². The fourth-order valence-electron chi connectivity index (χ4n) is 3.94. The molecular weight excluding hydrogens is 384 g/mol. The average molecular weight is 425 g/mol. The maximum atomic E-state index is 12.7. The van der Waals surface area contributed by atoms with Gasteiger partial charge in [0, 0.05) is 6.42 Å². The fraction of sp³-hybridized carbons (Fsp3) is 0.750. The van der Waals surface area contributed by atoms with E-state index in [0.29, 0.717) is 25.7 Å². The SMILES string of the molecule is CCCCC(C)(O)CC=CC(C=CCO)(O[C@H](C(=O)O)C(C)(C)C)[C@H]1CCCC1=O. The van der Waals surface area contributed by atoms with E-state index in [0.717, 1.165) is 19.3 Å². The van der Waals surface area contributed by atoms with Crippen LogP contribution in [-0.4, -0.2) is 51.0 Å². The number of carbonyl (C=O) groups is 2. The Bertz CT molecular complexity index is 628. The van der Waals surface area contributed by atoms with E-state index >= 15 is 0 Å². The summed E-state index contributed by atoms with van der Waals surface area (Å²) in [7, 11) is 0. The summed E-state index contributed by atoms with van der Waals surface area (Å²) in [5, 5.41) is 29.8. The van der Waals surface area contributed by atoms with E-state index < -0.39 is 34.6 Å². The Morgan fingerprint density at radius 3 is 2.33 bits per heavy atom. The number of hydrogen-bond donors (Lipinski definition) is 3. The zero-order chi connectivity index (χ0) is 23.0. The molecule has 6 heteroatoms. The van der Waals surface area contributed by atoms with Crippen LogP contribution in [-0.2, 0) is 14.3 Å². The molecule has 30 heavy (non-hydrogen) atoms. The lowest BCUT2D eigenvalue weighted by Gasteiger charge is -2.39. The summed E-state index contributed by atoms with van der Waals surface area (Å²) < 4.78 is 6.23. The summed E-state index contributed by atoms with van der Waals surface area (Å²) in [6.07, 6.45) is 10.1. The Kier molecular flexibility index (Phi) is 9.92. The molecule has 6 nitrogen and oxygen atoms in total. The molecule has 1 aliphatic carbocycles. The second-order valence-electron chi connectivity index (χ2n) is 9.76. The molecule has 0 aromatic rings. The van der Waals surface area contributed by atoms with Gasteiger partial charge in [0.15, 0.2) is 6.10 Å². The third kappa shape index (κ3) is 7.64. The summed E-state index contributed by atoms with van der Waals surface area (Å²) in [6.45, 7) is 8.93. The molecule has 0 aromatic heterocycles. The Morgan fingerprint density at radius 1 is 1.23 bits per heavy atom. The minimum Gasteiger partial charge on any atom is -0.479 e. The Morgan fingerprint density at radius 2 is 1.87 bits per heavy atom. The van der Waals surface area contributed by atoms with Crippen molar-refractivity contribution in [1.29, 1.82) is 0 Å². The molecule has 1 fully saturated rings. The first-order chi connectivity index (χ1) is 13.9. The van der Waals surface area contributed by atoms with Crippen LogP contribution in [0.2, 0.25) is 0 Å². The number of carbonyl (C=O) groups excluding carboxylic acids is 1. The average Bonchev–Trinajstić information content (AvgIpc) is 3.07. The summed E-state index contributed by atoms with van der Waals surface area (Å²) >= 11 is 0. The van der Waals surface area contributed by atoms with E-state index in [4.69, 9.17) is 4.74 Å². The van der Waals surface area contributed by atoms with Crippen molar-refractivity contribution in [3.8, 4) is 0 Å². The van der Waals surface area contributed by atoms with Gasteiger partial charge in [-0.3, -0.25) is 4.79 Å². The maximum absolute atomic E-state index is 12.7. The highest BCUT2D eigenvalue weighted by Crippen LogP contribution is 2.40. The molecule has 2 unspecified atom stereocenters. The summed E-state index contributed by atoms with van der Waals surface area (Å²) in [5.41, 5.74) is -2.88. The molecule has 0 saturated heterocycles. The van der Waals surface area contributed by atoms with Crippen molar-refractivity contribution in [1.82, 2.24) is 0 Å². The summed E-state index contributed by atoms with van der Waals surface area (Å²) in [5.74, 6) is -1.60. The van der Waals surface area contributed by atoms with Crippen molar-refractivity contribution < 1.29 is 29.6 Å². The molecule has 1 rings (SSSR count). The van der Waals surface area contributed by atoms with Crippen LogP contribution in [0.3, 0.4) is 0 Å². The van der Waals surface area contributed by atoms with E-state index in [2.05, 4.69) is 6.92 Å².